The van der Waals surface area contributed by atoms with Gasteiger partial charge in [0.1, 0.15) is 5.60 Å². The minimum Gasteiger partial charge on any atom is -0.370 e. The monoisotopic (exact) mass is 173 g/mol. The molecule has 70 valence electrons. The van der Waals surface area contributed by atoms with Crippen molar-refractivity contribution in [3.05, 3.63) is 0 Å². The molecule has 1 amide bonds. The molecule has 0 spiro atoms. The van der Waals surface area contributed by atoms with Crippen molar-refractivity contribution in [3.8, 4) is 0 Å². The van der Waals surface area contributed by atoms with Crippen LogP contribution in [0, 0.1) is 0 Å². The first-order valence-electron chi connectivity index (χ1n) is 3.79. The van der Waals surface area contributed by atoms with Crippen LogP contribution in [-0.4, -0.2) is 23.9 Å². The molecule has 0 unspecified atom stereocenters. The van der Waals surface area contributed by atoms with Crippen LogP contribution in [0.25, 0.3) is 0 Å². The summed E-state index contributed by atoms with van der Waals surface area (Å²) in [6, 6.07) is 0. The first-order chi connectivity index (χ1) is 5.36. The molecule has 4 nitrogen and oxygen atoms in total. The van der Waals surface area contributed by atoms with Gasteiger partial charge in [-0.3, -0.25) is 9.59 Å². The number of primary amides is 1. The van der Waals surface area contributed by atoms with E-state index in [0.29, 0.717) is 0 Å². The van der Waals surface area contributed by atoms with Gasteiger partial charge in [-0.1, -0.05) is 0 Å². The molecule has 0 saturated heterocycles. The molecule has 12 heavy (non-hydrogen) atoms. The van der Waals surface area contributed by atoms with Crippen molar-refractivity contribution in [3.63, 3.8) is 0 Å². The van der Waals surface area contributed by atoms with Crippen molar-refractivity contribution >= 4 is 11.7 Å². The summed E-state index contributed by atoms with van der Waals surface area (Å²) in [5.74, 6) is -0.485. The standard InChI is InChI=1S/C8H15NO3/c1-6(10)8(2,3)12-5-4-7(9)11/h4-5H2,1-3H3,(H2,9,11). The molecule has 0 aliphatic rings. The normalized spacial score (nSPS) is 11.2. The average molecular weight is 173 g/mol. The Bertz CT molecular complexity index is 187. The van der Waals surface area contributed by atoms with E-state index >= 15 is 0 Å². The van der Waals surface area contributed by atoms with Crippen LogP contribution in [0.2, 0.25) is 0 Å². The van der Waals surface area contributed by atoms with Crippen LogP contribution in [0.1, 0.15) is 27.2 Å². The van der Waals surface area contributed by atoms with Gasteiger partial charge in [0.2, 0.25) is 5.91 Å². The van der Waals surface area contributed by atoms with E-state index in [-0.39, 0.29) is 18.8 Å². The van der Waals surface area contributed by atoms with Gasteiger partial charge in [-0.05, 0) is 20.8 Å². The molecule has 0 aromatic heterocycles. The number of carbonyl (C=O) groups is 2. The lowest BCUT2D eigenvalue weighted by Crippen LogP contribution is -2.34. The highest BCUT2D eigenvalue weighted by Crippen LogP contribution is 2.10. The van der Waals surface area contributed by atoms with Crippen LogP contribution in [0.5, 0.6) is 0 Å². The second-order valence-corrected chi connectivity index (χ2v) is 3.13. The first-order valence-corrected chi connectivity index (χ1v) is 3.79. The van der Waals surface area contributed by atoms with Gasteiger partial charge in [0.15, 0.2) is 5.78 Å². The highest BCUT2D eigenvalue weighted by molar-refractivity contribution is 5.84. The molecule has 0 rings (SSSR count). The van der Waals surface area contributed by atoms with Crippen LogP contribution in [0.15, 0.2) is 0 Å². The Morgan fingerprint density at radius 3 is 2.25 bits per heavy atom. The summed E-state index contributed by atoms with van der Waals surface area (Å²) in [7, 11) is 0. The third kappa shape index (κ3) is 4.08. The zero-order chi connectivity index (χ0) is 9.78. The van der Waals surface area contributed by atoms with E-state index in [9.17, 15) is 9.59 Å². The van der Waals surface area contributed by atoms with E-state index in [1.54, 1.807) is 13.8 Å². The van der Waals surface area contributed by atoms with Crippen molar-refractivity contribution in [2.45, 2.75) is 32.8 Å². The molecule has 2 N–H and O–H groups in total. The fourth-order valence-electron chi connectivity index (χ4n) is 0.508. The molecule has 0 bridgehead atoms. The summed E-state index contributed by atoms with van der Waals surface area (Å²) >= 11 is 0. The van der Waals surface area contributed by atoms with Crippen molar-refractivity contribution in [1.82, 2.24) is 0 Å². The first kappa shape index (κ1) is 11.1. The zero-order valence-electron chi connectivity index (χ0n) is 7.72. The number of ketones is 1. The van der Waals surface area contributed by atoms with Crippen LogP contribution < -0.4 is 5.73 Å². The fraction of sp³-hybridized carbons (Fsp3) is 0.750. The maximum atomic E-state index is 10.9. The third-order valence-electron chi connectivity index (χ3n) is 1.66. The fourth-order valence-corrected chi connectivity index (χ4v) is 0.508. The molecule has 0 radical (unpaired) electrons. The summed E-state index contributed by atoms with van der Waals surface area (Å²) < 4.78 is 5.15. The van der Waals surface area contributed by atoms with Gasteiger partial charge in [0, 0.05) is 6.42 Å². The molecular weight excluding hydrogens is 158 g/mol. The number of rotatable bonds is 5. The summed E-state index contributed by atoms with van der Waals surface area (Å²) in [6.45, 7) is 4.97. The molecule has 4 heteroatoms. The molecule has 0 aliphatic heterocycles. The maximum Gasteiger partial charge on any atom is 0.219 e. The van der Waals surface area contributed by atoms with E-state index in [4.69, 9.17) is 10.5 Å². The third-order valence-corrected chi connectivity index (χ3v) is 1.66. The molecule has 0 heterocycles. The van der Waals surface area contributed by atoms with E-state index in [0.717, 1.165) is 0 Å². The number of carbonyl (C=O) groups excluding carboxylic acids is 2. The predicted octanol–water partition coefficient (Wildman–Crippen LogP) is 0.246. The second-order valence-electron chi connectivity index (χ2n) is 3.13. The minimum atomic E-state index is -0.810. The molecular formula is C8H15NO3. The Kier molecular flexibility index (Phi) is 3.89. The van der Waals surface area contributed by atoms with Crippen molar-refractivity contribution < 1.29 is 14.3 Å². The van der Waals surface area contributed by atoms with Gasteiger partial charge in [0.25, 0.3) is 0 Å². The quantitative estimate of drug-likeness (QED) is 0.647. The Morgan fingerprint density at radius 2 is 1.92 bits per heavy atom. The zero-order valence-corrected chi connectivity index (χ0v) is 7.72. The molecule has 0 aromatic carbocycles. The van der Waals surface area contributed by atoms with E-state index in [2.05, 4.69) is 0 Å². The lowest BCUT2D eigenvalue weighted by atomic mass is 10.1. The van der Waals surface area contributed by atoms with Crippen molar-refractivity contribution in [2.75, 3.05) is 6.61 Å². The van der Waals surface area contributed by atoms with Gasteiger partial charge >= 0.3 is 0 Å². The molecule has 0 fully saturated rings. The predicted molar refractivity (Wildman–Crippen MR) is 44.5 cm³/mol. The average Bonchev–Trinajstić information content (AvgIpc) is 1.85. The minimum absolute atomic E-state index is 0.0630. The Hall–Kier alpha value is -0.900. The molecule has 0 saturated carbocycles. The van der Waals surface area contributed by atoms with Crippen LogP contribution in [0.4, 0.5) is 0 Å². The Labute approximate surface area is 72.1 Å². The van der Waals surface area contributed by atoms with E-state index < -0.39 is 11.5 Å². The van der Waals surface area contributed by atoms with E-state index in [1.165, 1.54) is 6.92 Å². The lowest BCUT2D eigenvalue weighted by Gasteiger charge is -2.21. The van der Waals surface area contributed by atoms with Gasteiger partial charge in [-0.25, -0.2) is 0 Å². The number of nitrogens with two attached hydrogens (primary N) is 1. The smallest absolute Gasteiger partial charge is 0.219 e. The Morgan fingerprint density at radius 1 is 1.42 bits per heavy atom. The molecule has 0 aliphatic carbocycles. The van der Waals surface area contributed by atoms with Crippen molar-refractivity contribution in [1.29, 1.82) is 0 Å². The van der Waals surface area contributed by atoms with Gasteiger partial charge < -0.3 is 10.5 Å². The van der Waals surface area contributed by atoms with E-state index in [1.807, 2.05) is 0 Å². The van der Waals surface area contributed by atoms with Gasteiger partial charge in [0.05, 0.1) is 6.61 Å². The summed E-state index contributed by atoms with van der Waals surface area (Å²) in [5, 5.41) is 0. The summed E-state index contributed by atoms with van der Waals surface area (Å²) in [5.41, 5.74) is 4.08. The van der Waals surface area contributed by atoms with Crippen LogP contribution in [-0.2, 0) is 14.3 Å². The van der Waals surface area contributed by atoms with Crippen molar-refractivity contribution in [2.24, 2.45) is 5.73 Å². The SMILES string of the molecule is CC(=O)C(C)(C)OCCC(N)=O. The van der Waals surface area contributed by atoms with Crippen LogP contribution >= 0.6 is 0 Å². The van der Waals surface area contributed by atoms with Gasteiger partial charge in [-0.15, -0.1) is 0 Å². The number of ether oxygens (including phenoxy) is 1. The number of hydrogen-bond acceptors (Lipinski definition) is 3. The number of amides is 1. The highest BCUT2D eigenvalue weighted by atomic mass is 16.5. The number of hydrogen-bond donors (Lipinski definition) is 1. The highest BCUT2D eigenvalue weighted by Gasteiger charge is 2.23. The van der Waals surface area contributed by atoms with Crippen LogP contribution in [0.3, 0.4) is 0 Å². The summed E-state index contributed by atoms with van der Waals surface area (Å²) in [6.07, 6.45) is 0.150. The molecule has 0 atom stereocenters. The number of Topliss-reactive ketones (excluding diaryl/α,β-unsaturated/α-hetero) is 1. The largest absolute Gasteiger partial charge is 0.370 e. The topological polar surface area (TPSA) is 69.4 Å². The van der Waals surface area contributed by atoms with Gasteiger partial charge in [-0.2, -0.15) is 0 Å². The molecule has 0 aromatic rings. The Balaban J connectivity index is 3.76. The summed E-state index contributed by atoms with van der Waals surface area (Å²) in [4.78, 5) is 21.2. The second kappa shape index (κ2) is 4.21. The maximum absolute atomic E-state index is 10.9. The lowest BCUT2D eigenvalue weighted by molar-refractivity contribution is -0.139.